The number of benzene rings is 1. The number of aromatic nitrogens is 3. The monoisotopic (exact) mass is 289 g/mol. The molecule has 0 aliphatic heterocycles. The molecule has 2 rings (SSSR count). The Morgan fingerprint density at radius 3 is 2.81 bits per heavy atom. The number of rotatable bonds is 6. The highest BCUT2D eigenvalue weighted by atomic mass is 16.5. The zero-order valence-electron chi connectivity index (χ0n) is 12.4. The lowest BCUT2D eigenvalue weighted by atomic mass is 9.97. The molecule has 0 fully saturated rings. The van der Waals surface area contributed by atoms with E-state index >= 15 is 0 Å². The lowest BCUT2D eigenvalue weighted by molar-refractivity contribution is 0.0696. The average Bonchev–Trinajstić information content (AvgIpc) is 2.92. The number of aryl methyl sites for hydroxylation is 2. The van der Waals surface area contributed by atoms with E-state index in [0.29, 0.717) is 30.8 Å². The fourth-order valence-corrected chi connectivity index (χ4v) is 2.23. The largest absolute Gasteiger partial charge is 0.478 e. The van der Waals surface area contributed by atoms with Gasteiger partial charge in [0.25, 0.3) is 0 Å². The van der Waals surface area contributed by atoms with Crippen molar-refractivity contribution in [1.82, 2.24) is 15.2 Å². The molecule has 0 saturated heterocycles. The third kappa shape index (κ3) is 3.28. The lowest BCUT2D eigenvalue weighted by Crippen LogP contribution is -2.04. The van der Waals surface area contributed by atoms with Gasteiger partial charge >= 0.3 is 5.97 Å². The number of carboxylic acid groups (broad SMARTS) is 1. The smallest absolute Gasteiger partial charge is 0.335 e. The van der Waals surface area contributed by atoms with E-state index < -0.39 is 5.97 Å². The molecule has 6 nitrogen and oxygen atoms in total. The van der Waals surface area contributed by atoms with Gasteiger partial charge in [0, 0.05) is 19.1 Å². The molecule has 0 saturated carbocycles. The number of carbonyl (C=O) groups is 1. The van der Waals surface area contributed by atoms with Crippen LogP contribution in [-0.4, -0.2) is 40.0 Å². The maximum Gasteiger partial charge on any atom is 0.335 e. The highest BCUT2D eigenvalue weighted by Gasteiger charge is 2.15. The summed E-state index contributed by atoms with van der Waals surface area (Å²) >= 11 is 0. The molecule has 0 amide bonds. The summed E-state index contributed by atoms with van der Waals surface area (Å²) in [7, 11) is 1.63. The van der Waals surface area contributed by atoms with E-state index in [0.717, 1.165) is 22.5 Å². The molecule has 2 N–H and O–H groups in total. The Morgan fingerprint density at radius 1 is 1.43 bits per heavy atom. The van der Waals surface area contributed by atoms with Crippen molar-refractivity contribution < 1.29 is 14.6 Å². The molecule has 0 atom stereocenters. The van der Waals surface area contributed by atoms with Crippen LogP contribution in [0.5, 0.6) is 0 Å². The van der Waals surface area contributed by atoms with Crippen molar-refractivity contribution in [2.75, 3.05) is 13.7 Å². The summed E-state index contributed by atoms with van der Waals surface area (Å²) in [6, 6.07) is 3.55. The number of nitrogens with one attached hydrogen (secondary N) is 1. The van der Waals surface area contributed by atoms with E-state index in [9.17, 15) is 9.90 Å². The van der Waals surface area contributed by atoms with Crippen LogP contribution in [0.25, 0.3) is 11.4 Å². The molecule has 112 valence electrons. The summed E-state index contributed by atoms with van der Waals surface area (Å²) in [6.45, 7) is 4.44. The Kier molecular flexibility index (Phi) is 4.70. The van der Waals surface area contributed by atoms with Gasteiger partial charge in [0.05, 0.1) is 12.2 Å². The van der Waals surface area contributed by atoms with Crippen molar-refractivity contribution in [2.24, 2.45) is 0 Å². The number of methoxy groups -OCH3 is 1. The second kappa shape index (κ2) is 6.49. The van der Waals surface area contributed by atoms with Crippen LogP contribution >= 0.6 is 0 Å². The summed E-state index contributed by atoms with van der Waals surface area (Å²) in [6.07, 6.45) is 1.32. The van der Waals surface area contributed by atoms with Crippen molar-refractivity contribution in [3.05, 3.63) is 34.6 Å². The number of aromatic amines is 1. The molecule has 0 spiro atoms. The van der Waals surface area contributed by atoms with Crippen molar-refractivity contribution in [2.45, 2.75) is 26.7 Å². The predicted molar refractivity (Wildman–Crippen MR) is 78.5 cm³/mol. The summed E-state index contributed by atoms with van der Waals surface area (Å²) in [4.78, 5) is 15.8. The van der Waals surface area contributed by atoms with Gasteiger partial charge in [-0.25, -0.2) is 9.78 Å². The molecule has 0 radical (unpaired) electrons. The minimum atomic E-state index is -0.928. The van der Waals surface area contributed by atoms with E-state index in [1.54, 1.807) is 13.2 Å². The third-order valence-corrected chi connectivity index (χ3v) is 3.38. The standard InChI is InChI=1S/C15H19N3O3/c1-4-10-7-9(2)11(8-12(10)15(19)20)14-16-13(17-18-14)5-6-21-3/h7-8H,4-6H2,1-3H3,(H,19,20)(H,16,17,18). The maximum atomic E-state index is 11.4. The van der Waals surface area contributed by atoms with Crippen LogP contribution in [0.3, 0.4) is 0 Å². The molecule has 1 aromatic heterocycles. The van der Waals surface area contributed by atoms with Gasteiger partial charge < -0.3 is 9.84 Å². The lowest BCUT2D eigenvalue weighted by Gasteiger charge is -2.08. The van der Waals surface area contributed by atoms with Crippen LogP contribution in [0.15, 0.2) is 12.1 Å². The van der Waals surface area contributed by atoms with E-state index in [1.807, 2.05) is 19.9 Å². The van der Waals surface area contributed by atoms with Gasteiger partial charge in [0.1, 0.15) is 5.82 Å². The minimum Gasteiger partial charge on any atom is -0.478 e. The van der Waals surface area contributed by atoms with Crippen LogP contribution in [0.2, 0.25) is 0 Å². The SMILES string of the molecule is CCc1cc(C)c(-c2n[nH]c(CCOC)n2)cc1C(=O)O. The summed E-state index contributed by atoms with van der Waals surface area (Å²) < 4.78 is 5.00. The first kappa shape index (κ1) is 15.2. The molecule has 0 aliphatic rings. The van der Waals surface area contributed by atoms with E-state index in [1.165, 1.54) is 0 Å². The zero-order valence-corrected chi connectivity index (χ0v) is 12.4. The number of carboxylic acids is 1. The van der Waals surface area contributed by atoms with Crippen LogP contribution in [0.1, 0.15) is 34.2 Å². The molecule has 21 heavy (non-hydrogen) atoms. The maximum absolute atomic E-state index is 11.4. The van der Waals surface area contributed by atoms with Crippen LogP contribution in [-0.2, 0) is 17.6 Å². The molecule has 0 bridgehead atoms. The Labute approximate surface area is 123 Å². The van der Waals surface area contributed by atoms with Crippen LogP contribution in [0.4, 0.5) is 0 Å². The van der Waals surface area contributed by atoms with E-state index in [2.05, 4.69) is 15.2 Å². The number of aromatic carboxylic acids is 1. The molecule has 2 aromatic rings. The first-order chi connectivity index (χ1) is 10.1. The quantitative estimate of drug-likeness (QED) is 0.851. The second-order valence-electron chi connectivity index (χ2n) is 4.83. The molecule has 6 heteroatoms. The van der Waals surface area contributed by atoms with Crippen molar-refractivity contribution in [1.29, 1.82) is 0 Å². The predicted octanol–water partition coefficient (Wildman–Crippen LogP) is 2.23. The molecule has 1 heterocycles. The summed E-state index contributed by atoms with van der Waals surface area (Å²) in [5.41, 5.74) is 2.83. The second-order valence-corrected chi connectivity index (χ2v) is 4.83. The van der Waals surface area contributed by atoms with Crippen molar-refractivity contribution >= 4 is 5.97 Å². The van der Waals surface area contributed by atoms with Gasteiger partial charge in [0.15, 0.2) is 5.82 Å². The highest BCUT2D eigenvalue weighted by Crippen LogP contribution is 2.25. The van der Waals surface area contributed by atoms with Crippen LogP contribution in [0, 0.1) is 6.92 Å². The number of hydrogen-bond donors (Lipinski definition) is 2. The average molecular weight is 289 g/mol. The number of nitrogens with zero attached hydrogens (tertiary/aromatic N) is 2. The van der Waals surface area contributed by atoms with Gasteiger partial charge in [-0.05, 0) is 30.5 Å². The number of H-pyrrole nitrogens is 1. The first-order valence-corrected chi connectivity index (χ1v) is 6.84. The first-order valence-electron chi connectivity index (χ1n) is 6.84. The Balaban J connectivity index is 2.41. The summed E-state index contributed by atoms with van der Waals surface area (Å²) in [5, 5.41) is 16.3. The number of hydrogen-bond acceptors (Lipinski definition) is 4. The summed E-state index contributed by atoms with van der Waals surface area (Å²) in [5.74, 6) is 0.315. The Hall–Kier alpha value is -2.21. The molecule has 0 unspecified atom stereocenters. The van der Waals surface area contributed by atoms with E-state index in [-0.39, 0.29) is 0 Å². The van der Waals surface area contributed by atoms with Gasteiger partial charge in [0.2, 0.25) is 0 Å². The fraction of sp³-hybridized carbons (Fsp3) is 0.400. The number of ether oxygens (including phenoxy) is 1. The van der Waals surface area contributed by atoms with Crippen LogP contribution < -0.4 is 0 Å². The molecular weight excluding hydrogens is 270 g/mol. The van der Waals surface area contributed by atoms with Gasteiger partial charge in [-0.3, -0.25) is 5.10 Å². The van der Waals surface area contributed by atoms with Crippen molar-refractivity contribution in [3.8, 4) is 11.4 Å². The molecule has 0 aliphatic carbocycles. The minimum absolute atomic E-state index is 0.307. The molecule has 1 aromatic carbocycles. The highest BCUT2D eigenvalue weighted by molar-refractivity contribution is 5.91. The third-order valence-electron chi connectivity index (χ3n) is 3.38. The van der Waals surface area contributed by atoms with Gasteiger partial charge in [-0.15, -0.1) is 0 Å². The van der Waals surface area contributed by atoms with Crippen molar-refractivity contribution in [3.63, 3.8) is 0 Å². The van der Waals surface area contributed by atoms with Gasteiger partial charge in [-0.1, -0.05) is 13.0 Å². The zero-order chi connectivity index (χ0) is 15.4. The fourth-order valence-electron chi connectivity index (χ4n) is 2.23. The normalized spacial score (nSPS) is 10.8. The van der Waals surface area contributed by atoms with E-state index in [4.69, 9.17) is 4.74 Å². The molecular formula is C15H19N3O3. The Bertz CT molecular complexity index is 650. The topological polar surface area (TPSA) is 88.1 Å². The Morgan fingerprint density at radius 2 is 2.19 bits per heavy atom. The van der Waals surface area contributed by atoms with Gasteiger partial charge in [-0.2, -0.15) is 5.10 Å².